The van der Waals surface area contributed by atoms with Crippen LogP contribution in [0, 0.1) is 11.3 Å². The van der Waals surface area contributed by atoms with Gasteiger partial charge in [-0.05, 0) is 36.3 Å². The van der Waals surface area contributed by atoms with Gasteiger partial charge in [0.25, 0.3) is 0 Å². The molecule has 1 aromatic heterocycles. The van der Waals surface area contributed by atoms with Crippen LogP contribution in [0.25, 0.3) is 0 Å². The van der Waals surface area contributed by atoms with E-state index in [-0.39, 0.29) is 23.3 Å². The lowest BCUT2D eigenvalue weighted by molar-refractivity contribution is -0.136. The van der Waals surface area contributed by atoms with E-state index in [1.54, 1.807) is 6.20 Å². The molecule has 1 N–H and O–H groups in total. The highest BCUT2D eigenvalue weighted by Gasteiger charge is 2.37. The highest BCUT2D eigenvalue weighted by molar-refractivity contribution is 5.82. The third-order valence-electron chi connectivity index (χ3n) is 6.26. The summed E-state index contributed by atoms with van der Waals surface area (Å²) in [6, 6.07) is 5.81. The largest absolute Gasteiger partial charge is 0.354 e. The zero-order valence-corrected chi connectivity index (χ0v) is 18.9. The van der Waals surface area contributed by atoms with Crippen LogP contribution in [0.3, 0.4) is 0 Å². The normalized spacial score (nSPS) is 19.6. The van der Waals surface area contributed by atoms with Gasteiger partial charge < -0.3 is 10.2 Å². The molecule has 1 saturated heterocycles. The number of nitrogens with zero attached hydrogens (tertiary/aromatic N) is 3. The minimum Gasteiger partial charge on any atom is -0.354 e. The summed E-state index contributed by atoms with van der Waals surface area (Å²) >= 11 is 0. The number of pyridine rings is 1. The molecule has 0 bridgehead atoms. The summed E-state index contributed by atoms with van der Waals surface area (Å²) in [5.74, 6) is 0.809. The topological polar surface area (TPSA) is 65.5 Å². The van der Waals surface area contributed by atoms with E-state index in [1.807, 2.05) is 23.1 Å². The number of nitrogens with one attached hydrogen (secondary N) is 1. The number of carbonyl (C=O) groups excluding carboxylic acids is 2. The fourth-order valence-electron chi connectivity index (χ4n) is 4.73. The standard InChI is InChI=1S/C24H38N4O2/c1-24(2,3)18-21(29)27-14-16-28(17-15-27)22(19-8-4-5-9-19)23(30)26-13-11-20-10-6-7-12-25-20/h6-7,10,12,19,22H,4-5,8-9,11,13-18H2,1-3H3,(H,26,30)/t22-/m0/s1. The van der Waals surface area contributed by atoms with Crippen LogP contribution in [0.15, 0.2) is 24.4 Å². The number of carbonyl (C=O) groups is 2. The molecule has 1 saturated carbocycles. The number of hydrogen-bond donors (Lipinski definition) is 1. The van der Waals surface area contributed by atoms with Crippen LogP contribution in [0.5, 0.6) is 0 Å². The maximum atomic E-state index is 13.2. The second kappa shape index (κ2) is 10.4. The quantitative estimate of drug-likeness (QED) is 0.745. The lowest BCUT2D eigenvalue weighted by atomic mass is 9.91. The molecule has 2 amide bonds. The first-order valence-corrected chi connectivity index (χ1v) is 11.5. The van der Waals surface area contributed by atoms with Gasteiger partial charge in [-0.2, -0.15) is 0 Å². The molecule has 1 atom stereocenters. The van der Waals surface area contributed by atoms with Crippen molar-refractivity contribution >= 4 is 11.8 Å². The van der Waals surface area contributed by atoms with E-state index in [4.69, 9.17) is 0 Å². The number of rotatable bonds is 7. The molecule has 2 heterocycles. The van der Waals surface area contributed by atoms with Gasteiger partial charge in [0, 0.05) is 57.5 Å². The molecule has 0 spiro atoms. The van der Waals surface area contributed by atoms with Crippen molar-refractivity contribution in [2.24, 2.45) is 11.3 Å². The molecule has 0 radical (unpaired) electrons. The van der Waals surface area contributed by atoms with Crippen molar-refractivity contribution in [2.45, 2.75) is 65.3 Å². The lowest BCUT2D eigenvalue weighted by Gasteiger charge is -2.41. The molecule has 30 heavy (non-hydrogen) atoms. The van der Waals surface area contributed by atoms with Gasteiger partial charge in [0.15, 0.2) is 0 Å². The van der Waals surface area contributed by atoms with Crippen LogP contribution < -0.4 is 5.32 Å². The Morgan fingerprint density at radius 3 is 2.43 bits per heavy atom. The van der Waals surface area contributed by atoms with Crippen LogP contribution in [0.4, 0.5) is 0 Å². The molecule has 1 aromatic rings. The van der Waals surface area contributed by atoms with Gasteiger partial charge in [0.1, 0.15) is 0 Å². The van der Waals surface area contributed by atoms with Gasteiger partial charge >= 0.3 is 0 Å². The molecule has 1 aliphatic heterocycles. The van der Waals surface area contributed by atoms with E-state index in [0.29, 0.717) is 18.9 Å². The SMILES string of the molecule is CC(C)(C)CC(=O)N1CCN([C@H](C(=O)NCCc2ccccn2)C2CCCC2)CC1. The predicted octanol–water partition coefficient (Wildman–Crippen LogP) is 2.88. The van der Waals surface area contributed by atoms with Gasteiger partial charge in [-0.25, -0.2) is 0 Å². The van der Waals surface area contributed by atoms with Crippen LogP contribution in [0.2, 0.25) is 0 Å². The monoisotopic (exact) mass is 414 g/mol. The van der Waals surface area contributed by atoms with Crippen molar-refractivity contribution in [2.75, 3.05) is 32.7 Å². The molecular formula is C24H38N4O2. The Kier molecular flexibility index (Phi) is 7.87. The zero-order valence-electron chi connectivity index (χ0n) is 18.9. The zero-order chi connectivity index (χ0) is 21.6. The third kappa shape index (κ3) is 6.53. The smallest absolute Gasteiger partial charge is 0.237 e. The first kappa shape index (κ1) is 22.7. The first-order valence-electron chi connectivity index (χ1n) is 11.5. The fraction of sp³-hybridized carbons (Fsp3) is 0.708. The van der Waals surface area contributed by atoms with E-state index >= 15 is 0 Å². The van der Waals surface area contributed by atoms with E-state index < -0.39 is 0 Å². The van der Waals surface area contributed by atoms with Crippen molar-refractivity contribution in [1.29, 1.82) is 0 Å². The minimum absolute atomic E-state index is 0.00803. The Morgan fingerprint density at radius 2 is 1.83 bits per heavy atom. The Morgan fingerprint density at radius 1 is 1.13 bits per heavy atom. The molecule has 0 unspecified atom stereocenters. The second-order valence-corrected chi connectivity index (χ2v) is 10.0. The molecule has 2 aliphatic rings. The third-order valence-corrected chi connectivity index (χ3v) is 6.26. The average molecular weight is 415 g/mol. The Bertz CT molecular complexity index is 687. The molecule has 2 fully saturated rings. The molecule has 0 aromatic carbocycles. The summed E-state index contributed by atoms with van der Waals surface area (Å²) in [6.45, 7) is 9.93. The van der Waals surface area contributed by atoms with Crippen LogP contribution in [-0.2, 0) is 16.0 Å². The molecular weight excluding hydrogens is 376 g/mol. The predicted molar refractivity (Wildman–Crippen MR) is 119 cm³/mol. The number of amides is 2. The van der Waals surface area contributed by atoms with Crippen LogP contribution in [0.1, 0.15) is 58.6 Å². The van der Waals surface area contributed by atoms with Crippen LogP contribution in [-0.4, -0.2) is 65.4 Å². The van der Waals surface area contributed by atoms with Crippen LogP contribution >= 0.6 is 0 Å². The van der Waals surface area contributed by atoms with E-state index in [0.717, 1.165) is 51.1 Å². The van der Waals surface area contributed by atoms with E-state index in [2.05, 4.69) is 36.0 Å². The summed E-state index contributed by atoms with van der Waals surface area (Å²) < 4.78 is 0. The van der Waals surface area contributed by atoms with Crippen molar-refractivity contribution in [3.8, 4) is 0 Å². The number of piperazine rings is 1. The van der Waals surface area contributed by atoms with E-state index in [1.165, 1.54) is 12.8 Å². The Balaban J connectivity index is 1.55. The average Bonchev–Trinajstić information content (AvgIpc) is 3.22. The number of aromatic nitrogens is 1. The molecule has 1 aliphatic carbocycles. The first-order chi connectivity index (χ1) is 14.3. The summed E-state index contributed by atoms with van der Waals surface area (Å²) in [7, 11) is 0. The molecule has 3 rings (SSSR count). The van der Waals surface area contributed by atoms with Crippen molar-refractivity contribution < 1.29 is 9.59 Å². The van der Waals surface area contributed by atoms with Gasteiger partial charge in [0.05, 0.1) is 6.04 Å². The minimum atomic E-state index is -0.0731. The summed E-state index contributed by atoms with van der Waals surface area (Å²) in [4.78, 5) is 34.4. The fourth-order valence-corrected chi connectivity index (χ4v) is 4.73. The maximum absolute atomic E-state index is 13.2. The summed E-state index contributed by atoms with van der Waals surface area (Å²) in [6.07, 6.45) is 7.80. The number of hydrogen-bond acceptors (Lipinski definition) is 4. The van der Waals surface area contributed by atoms with E-state index in [9.17, 15) is 9.59 Å². The van der Waals surface area contributed by atoms with Gasteiger partial charge in [-0.15, -0.1) is 0 Å². The lowest BCUT2D eigenvalue weighted by Crippen LogP contribution is -2.58. The van der Waals surface area contributed by atoms with Gasteiger partial charge in [-0.3, -0.25) is 19.5 Å². The Hall–Kier alpha value is -1.95. The maximum Gasteiger partial charge on any atom is 0.237 e. The summed E-state index contributed by atoms with van der Waals surface area (Å²) in [5, 5.41) is 3.17. The van der Waals surface area contributed by atoms with Crippen molar-refractivity contribution in [3.05, 3.63) is 30.1 Å². The van der Waals surface area contributed by atoms with Crippen molar-refractivity contribution in [3.63, 3.8) is 0 Å². The van der Waals surface area contributed by atoms with Crippen molar-refractivity contribution in [1.82, 2.24) is 20.1 Å². The highest BCUT2D eigenvalue weighted by atomic mass is 16.2. The summed E-state index contributed by atoms with van der Waals surface area (Å²) in [5.41, 5.74) is 1.01. The molecule has 6 heteroatoms. The molecule has 166 valence electrons. The molecule has 6 nitrogen and oxygen atoms in total. The highest BCUT2D eigenvalue weighted by Crippen LogP contribution is 2.31. The Labute approximate surface area is 181 Å². The second-order valence-electron chi connectivity index (χ2n) is 10.0. The van der Waals surface area contributed by atoms with Gasteiger partial charge in [0.2, 0.25) is 11.8 Å². The van der Waals surface area contributed by atoms with Gasteiger partial charge in [-0.1, -0.05) is 39.7 Å².